The Hall–Kier alpha value is -1.40. The molecule has 0 bridgehead atoms. The SMILES string of the molecule is CCCCCN(CCC(=O)N1CCNCC1)C(=O)c1ccc(Br)cc1. The van der Waals surface area contributed by atoms with Crippen molar-refractivity contribution in [2.24, 2.45) is 0 Å². The molecule has 0 atom stereocenters. The van der Waals surface area contributed by atoms with Crippen molar-refractivity contribution < 1.29 is 9.59 Å². The van der Waals surface area contributed by atoms with E-state index in [9.17, 15) is 9.59 Å². The molecule has 0 saturated carbocycles. The van der Waals surface area contributed by atoms with Crippen LogP contribution in [0.2, 0.25) is 0 Å². The first-order valence-electron chi connectivity index (χ1n) is 9.15. The van der Waals surface area contributed by atoms with E-state index in [0.717, 1.165) is 49.9 Å². The van der Waals surface area contributed by atoms with Crippen LogP contribution in [0.25, 0.3) is 0 Å². The molecule has 1 aromatic carbocycles. The highest BCUT2D eigenvalue weighted by Gasteiger charge is 2.20. The Morgan fingerprint density at radius 3 is 2.44 bits per heavy atom. The number of benzene rings is 1. The average Bonchev–Trinajstić information content (AvgIpc) is 2.65. The Bertz CT molecular complexity index is 556. The molecule has 1 heterocycles. The van der Waals surface area contributed by atoms with Gasteiger partial charge in [-0.2, -0.15) is 0 Å². The summed E-state index contributed by atoms with van der Waals surface area (Å²) in [6.45, 7) is 6.56. The van der Waals surface area contributed by atoms with Crippen LogP contribution < -0.4 is 5.32 Å². The molecule has 1 saturated heterocycles. The first-order chi connectivity index (χ1) is 12.1. The van der Waals surface area contributed by atoms with Crippen molar-refractivity contribution in [2.45, 2.75) is 32.6 Å². The second-order valence-corrected chi connectivity index (χ2v) is 7.30. The van der Waals surface area contributed by atoms with E-state index in [1.807, 2.05) is 34.1 Å². The van der Waals surface area contributed by atoms with E-state index in [1.165, 1.54) is 0 Å². The van der Waals surface area contributed by atoms with Gasteiger partial charge in [0.2, 0.25) is 5.91 Å². The molecule has 138 valence electrons. The summed E-state index contributed by atoms with van der Waals surface area (Å²) in [4.78, 5) is 28.9. The monoisotopic (exact) mass is 409 g/mol. The highest BCUT2D eigenvalue weighted by Crippen LogP contribution is 2.14. The van der Waals surface area contributed by atoms with Crippen molar-refractivity contribution in [3.8, 4) is 0 Å². The Labute approximate surface area is 158 Å². The van der Waals surface area contributed by atoms with Gasteiger partial charge in [-0.25, -0.2) is 0 Å². The molecule has 1 N–H and O–H groups in total. The van der Waals surface area contributed by atoms with Gasteiger partial charge in [0.1, 0.15) is 0 Å². The van der Waals surface area contributed by atoms with E-state index in [1.54, 1.807) is 0 Å². The molecular formula is C19H28BrN3O2. The van der Waals surface area contributed by atoms with Gasteiger partial charge in [-0.3, -0.25) is 9.59 Å². The van der Waals surface area contributed by atoms with Crippen LogP contribution in [-0.2, 0) is 4.79 Å². The van der Waals surface area contributed by atoms with Crippen molar-refractivity contribution in [1.29, 1.82) is 0 Å². The summed E-state index contributed by atoms with van der Waals surface area (Å²) in [6.07, 6.45) is 3.57. The van der Waals surface area contributed by atoms with E-state index in [2.05, 4.69) is 28.2 Å². The molecule has 25 heavy (non-hydrogen) atoms. The third kappa shape index (κ3) is 6.44. The van der Waals surface area contributed by atoms with E-state index in [4.69, 9.17) is 0 Å². The van der Waals surface area contributed by atoms with Gasteiger partial charge in [-0.05, 0) is 30.7 Å². The van der Waals surface area contributed by atoms with Crippen LogP contribution in [0, 0.1) is 0 Å². The van der Waals surface area contributed by atoms with Crippen LogP contribution in [0.5, 0.6) is 0 Å². The first-order valence-corrected chi connectivity index (χ1v) is 9.94. The van der Waals surface area contributed by atoms with Crippen LogP contribution in [-0.4, -0.2) is 60.9 Å². The predicted octanol–water partition coefficient (Wildman–Crippen LogP) is 2.90. The number of nitrogens with zero attached hydrogens (tertiary/aromatic N) is 2. The van der Waals surface area contributed by atoms with Crippen molar-refractivity contribution in [2.75, 3.05) is 39.3 Å². The number of carbonyl (C=O) groups excluding carboxylic acids is 2. The van der Waals surface area contributed by atoms with E-state index < -0.39 is 0 Å². The van der Waals surface area contributed by atoms with Crippen molar-refractivity contribution in [3.05, 3.63) is 34.3 Å². The summed E-state index contributed by atoms with van der Waals surface area (Å²) < 4.78 is 0.954. The van der Waals surface area contributed by atoms with Crippen LogP contribution >= 0.6 is 15.9 Å². The second-order valence-electron chi connectivity index (χ2n) is 6.39. The summed E-state index contributed by atoms with van der Waals surface area (Å²) in [6, 6.07) is 7.42. The van der Waals surface area contributed by atoms with Gasteiger partial charge in [0.05, 0.1) is 0 Å². The molecule has 6 heteroatoms. The Balaban J connectivity index is 1.95. The molecule has 1 aromatic rings. The van der Waals surface area contributed by atoms with E-state index in [-0.39, 0.29) is 11.8 Å². The van der Waals surface area contributed by atoms with Gasteiger partial charge in [-0.1, -0.05) is 35.7 Å². The number of carbonyl (C=O) groups is 2. The third-order valence-electron chi connectivity index (χ3n) is 4.48. The fraction of sp³-hybridized carbons (Fsp3) is 0.579. The Kier molecular flexibility index (Phi) is 8.41. The Morgan fingerprint density at radius 2 is 1.80 bits per heavy atom. The first kappa shape index (κ1) is 19.9. The zero-order valence-electron chi connectivity index (χ0n) is 15.0. The van der Waals surface area contributed by atoms with Gasteiger partial charge in [0, 0.05) is 55.7 Å². The largest absolute Gasteiger partial charge is 0.340 e. The topological polar surface area (TPSA) is 52.7 Å². The maximum Gasteiger partial charge on any atom is 0.253 e. The van der Waals surface area contributed by atoms with Crippen molar-refractivity contribution in [3.63, 3.8) is 0 Å². The molecule has 0 spiro atoms. The zero-order valence-corrected chi connectivity index (χ0v) is 16.6. The lowest BCUT2D eigenvalue weighted by molar-refractivity contribution is -0.131. The molecule has 2 rings (SSSR count). The van der Waals surface area contributed by atoms with Crippen LogP contribution in [0.1, 0.15) is 43.0 Å². The number of unbranched alkanes of at least 4 members (excludes halogenated alkanes) is 2. The minimum Gasteiger partial charge on any atom is -0.340 e. The molecule has 1 fully saturated rings. The Morgan fingerprint density at radius 1 is 1.12 bits per heavy atom. The molecule has 0 unspecified atom stereocenters. The fourth-order valence-electron chi connectivity index (χ4n) is 2.95. The van der Waals surface area contributed by atoms with Gasteiger partial charge >= 0.3 is 0 Å². The van der Waals surface area contributed by atoms with Gasteiger partial charge in [-0.15, -0.1) is 0 Å². The lowest BCUT2D eigenvalue weighted by Gasteiger charge is -2.29. The van der Waals surface area contributed by atoms with Gasteiger partial charge < -0.3 is 15.1 Å². The molecule has 1 aliphatic rings. The highest BCUT2D eigenvalue weighted by atomic mass is 79.9. The smallest absolute Gasteiger partial charge is 0.253 e. The van der Waals surface area contributed by atoms with Crippen LogP contribution in [0.15, 0.2) is 28.7 Å². The summed E-state index contributed by atoms with van der Waals surface area (Å²) in [5.41, 5.74) is 0.675. The van der Waals surface area contributed by atoms with E-state index in [0.29, 0.717) is 25.1 Å². The molecule has 1 aliphatic heterocycles. The average molecular weight is 410 g/mol. The van der Waals surface area contributed by atoms with Gasteiger partial charge in [0.15, 0.2) is 0 Å². The molecule has 0 aliphatic carbocycles. The summed E-state index contributed by atoms with van der Waals surface area (Å²) in [7, 11) is 0. The predicted molar refractivity (Wildman–Crippen MR) is 104 cm³/mol. The fourth-order valence-corrected chi connectivity index (χ4v) is 3.21. The van der Waals surface area contributed by atoms with Crippen LogP contribution in [0.3, 0.4) is 0 Å². The standard InChI is InChI=1S/C19H28BrN3O2/c1-2-3-4-12-23(19(25)16-5-7-17(20)8-6-16)13-9-18(24)22-14-10-21-11-15-22/h5-8,21H,2-4,9-15H2,1H3. The number of rotatable bonds is 8. The number of nitrogens with one attached hydrogen (secondary N) is 1. The van der Waals surface area contributed by atoms with E-state index >= 15 is 0 Å². The quantitative estimate of drug-likeness (QED) is 0.671. The summed E-state index contributed by atoms with van der Waals surface area (Å²) >= 11 is 3.40. The maximum absolute atomic E-state index is 12.8. The molecule has 0 aromatic heterocycles. The number of hydrogen-bond donors (Lipinski definition) is 1. The molecule has 5 nitrogen and oxygen atoms in total. The van der Waals surface area contributed by atoms with Crippen molar-refractivity contribution >= 4 is 27.7 Å². The second kappa shape index (κ2) is 10.6. The summed E-state index contributed by atoms with van der Waals surface area (Å²) in [5.74, 6) is 0.155. The lowest BCUT2D eigenvalue weighted by atomic mass is 10.1. The number of piperazine rings is 1. The zero-order chi connectivity index (χ0) is 18.1. The minimum atomic E-state index is 0.0108. The number of hydrogen-bond acceptors (Lipinski definition) is 3. The van der Waals surface area contributed by atoms with Crippen molar-refractivity contribution in [1.82, 2.24) is 15.1 Å². The van der Waals surface area contributed by atoms with Crippen LogP contribution in [0.4, 0.5) is 0 Å². The summed E-state index contributed by atoms with van der Waals surface area (Å²) in [5, 5.41) is 3.25. The lowest BCUT2D eigenvalue weighted by Crippen LogP contribution is -2.47. The van der Waals surface area contributed by atoms with Gasteiger partial charge in [0.25, 0.3) is 5.91 Å². The maximum atomic E-state index is 12.8. The number of amides is 2. The number of halogens is 1. The molecular weight excluding hydrogens is 382 g/mol. The highest BCUT2D eigenvalue weighted by molar-refractivity contribution is 9.10. The minimum absolute atomic E-state index is 0.0108. The molecule has 0 radical (unpaired) electrons. The third-order valence-corrected chi connectivity index (χ3v) is 5.00. The normalized spacial score (nSPS) is 14.4. The molecule has 2 amide bonds.